The zero-order valence-electron chi connectivity index (χ0n) is 16.9. The molecule has 0 radical (unpaired) electrons. The molecular weight excluding hydrogens is 435 g/mol. The second kappa shape index (κ2) is 8.75. The standard InChI is InChI=1S/C22H17FN4O4S/c1-26-20(29)16-5-3-2-4-15(16)18(25-26)19(28)24-10-11-27-21(30)17(32-22(27)31)12-13-6-8-14(23)9-7-13/h2-9,12H,10-11H2,1H3,(H,24,28)/b17-12-. The highest BCUT2D eigenvalue weighted by atomic mass is 32.2. The fourth-order valence-electron chi connectivity index (χ4n) is 3.24. The fourth-order valence-corrected chi connectivity index (χ4v) is 4.10. The molecule has 4 rings (SSSR count). The highest BCUT2D eigenvalue weighted by Crippen LogP contribution is 2.31. The molecule has 0 bridgehead atoms. The number of rotatable bonds is 5. The van der Waals surface area contributed by atoms with E-state index in [1.54, 1.807) is 24.3 Å². The molecule has 8 nitrogen and oxygen atoms in total. The molecule has 32 heavy (non-hydrogen) atoms. The number of benzene rings is 2. The van der Waals surface area contributed by atoms with E-state index in [0.717, 1.165) is 21.3 Å². The lowest BCUT2D eigenvalue weighted by Crippen LogP contribution is -2.38. The number of nitrogens with one attached hydrogen (secondary N) is 1. The zero-order valence-corrected chi connectivity index (χ0v) is 17.7. The van der Waals surface area contributed by atoms with Gasteiger partial charge in [-0.25, -0.2) is 9.07 Å². The third-order valence-corrected chi connectivity index (χ3v) is 5.74. The van der Waals surface area contributed by atoms with Crippen LogP contribution in [0.4, 0.5) is 9.18 Å². The summed E-state index contributed by atoms with van der Waals surface area (Å²) in [5, 5.41) is 7.02. The van der Waals surface area contributed by atoms with Gasteiger partial charge in [0.1, 0.15) is 5.82 Å². The summed E-state index contributed by atoms with van der Waals surface area (Å²) in [6.45, 7) is -0.0135. The van der Waals surface area contributed by atoms with E-state index >= 15 is 0 Å². The van der Waals surface area contributed by atoms with E-state index in [1.165, 1.54) is 37.4 Å². The predicted octanol–water partition coefficient (Wildman–Crippen LogP) is 2.54. The quantitative estimate of drug-likeness (QED) is 0.597. The maximum atomic E-state index is 13.0. The first-order valence-corrected chi connectivity index (χ1v) is 10.4. The number of carbonyl (C=O) groups is 3. The third kappa shape index (κ3) is 4.17. The van der Waals surface area contributed by atoms with Crippen LogP contribution in [0.3, 0.4) is 0 Å². The van der Waals surface area contributed by atoms with Crippen molar-refractivity contribution < 1.29 is 18.8 Å². The number of imide groups is 1. The second-order valence-corrected chi connectivity index (χ2v) is 7.96. The Balaban J connectivity index is 1.44. The van der Waals surface area contributed by atoms with Crippen molar-refractivity contribution in [3.05, 3.63) is 80.9 Å². The molecule has 0 unspecified atom stereocenters. The van der Waals surface area contributed by atoms with Gasteiger partial charge in [0.05, 0.1) is 10.3 Å². The molecule has 0 saturated carbocycles. The summed E-state index contributed by atoms with van der Waals surface area (Å²) >= 11 is 0.783. The summed E-state index contributed by atoms with van der Waals surface area (Å²) in [4.78, 5) is 50.9. The van der Waals surface area contributed by atoms with Gasteiger partial charge in [-0.05, 0) is 41.6 Å². The molecule has 2 aromatic carbocycles. The van der Waals surface area contributed by atoms with Crippen LogP contribution in [0.2, 0.25) is 0 Å². The number of amides is 3. The SMILES string of the molecule is Cn1nc(C(=O)NCCN2C(=O)S/C(=C\c3ccc(F)cc3)C2=O)c2ccccc2c1=O. The van der Waals surface area contributed by atoms with Crippen LogP contribution in [-0.2, 0) is 11.8 Å². The number of thioether (sulfide) groups is 1. The molecule has 1 N–H and O–H groups in total. The normalized spacial score (nSPS) is 15.1. The lowest BCUT2D eigenvalue weighted by Gasteiger charge is -2.13. The van der Waals surface area contributed by atoms with Crippen LogP contribution < -0.4 is 10.9 Å². The van der Waals surface area contributed by atoms with Crippen LogP contribution in [0.5, 0.6) is 0 Å². The maximum Gasteiger partial charge on any atom is 0.293 e. The van der Waals surface area contributed by atoms with E-state index in [4.69, 9.17) is 0 Å². The number of halogens is 1. The number of carbonyl (C=O) groups excluding carboxylic acids is 3. The summed E-state index contributed by atoms with van der Waals surface area (Å²) in [6, 6.07) is 12.2. The number of aromatic nitrogens is 2. The van der Waals surface area contributed by atoms with Gasteiger partial charge in [-0.1, -0.05) is 30.3 Å². The molecule has 10 heteroatoms. The average molecular weight is 452 g/mol. The predicted molar refractivity (Wildman–Crippen MR) is 118 cm³/mol. The number of hydrogen-bond donors (Lipinski definition) is 1. The summed E-state index contributed by atoms with van der Waals surface area (Å²) in [6.07, 6.45) is 1.52. The van der Waals surface area contributed by atoms with E-state index in [1.807, 2.05) is 0 Å². The van der Waals surface area contributed by atoms with Crippen molar-refractivity contribution in [2.45, 2.75) is 0 Å². The van der Waals surface area contributed by atoms with Gasteiger partial charge in [0.25, 0.3) is 22.6 Å². The monoisotopic (exact) mass is 452 g/mol. The van der Waals surface area contributed by atoms with Crippen molar-refractivity contribution in [3.8, 4) is 0 Å². The minimum absolute atomic E-state index is 0.0134. The molecular formula is C22H17FN4O4S. The molecule has 162 valence electrons. The fraction of sp³-hybridized carbons (Fsp3) is 0.136. The molecule has 0 aliphatic carbocycles. The van der Waals surface area contributed by atoms with Crippen molar-refractivity contribution in [1.29, 1.82) is 0 Å². The van der Waals surface area contributed by atoms with Gasteiger partial charge in [0, 0.05) is 25.5 Å². The number of nitrogens with zero attached hydrogens (tertiary/aromatic N) is 3. The molecule has 1 saturated heterocycles. The van der Waals surface area contributed by atoms with E-state index < -0.39 is 22.9 Å². The average Bonchev–Trinajstić information content (AvgIpc) is 3.05. The Morgan fingerprint density at radius 1 is 1.09 bits per heavy atom. The highest BCUT2D eigenvalue weighted by molar-refractivity contribution is 8.18. The van der Waals surface area contributed by atoms with Gasteiger partial charge in [-0.2, -0.15) is 5.10 Å². The molecule has 2 heterocycles. The lowest BCUT2D eigenvalue weighted by molar-refractivity contribution is -0.122. The first-order valence-electron chi connectivity index (χ1n) is 9.60. The summed E-state index contributed by atoms with van der Waals surface area (Å²) in [7, 11) is 1.46. The number of fused-ring (bicyclic) bond motifs is 1. The van der Waals surface area contributed by atoms with Crippen molar-refractivity contribution in [1.82, 2.24) is 20.0 Å². The van der Waals surface area contributed by atoms with Crippen LogP contribution >= 0.6 is 11.8 Å². The van der Waals surface area contributed by atoms with E-state index in [0.29, 0.717) is 16.3 Å². The Kier molecular flexibility index (Phi) is 5.87. The Morgan fingerprint density at radius 2 is 1.78 bits per heavy atom. The molecule has 3 aromatic rings. The highest BCUT2D eigenvalue weighted by Gasteiger charge is 2.34. The van der Waals surface area contributed by atoms with E-state index in [2.05, 4.69) is 10.4 Å². The second-order valence-electron chi connectivity index (χ2n) is 6.96. The van der Waals surface area contributed by atoms with Crippen LogP contribution in [0.25, 0.3) is 16.8 Å². The molecule has 1 aromatic heterocycles. The minimum atomic E-state index is -0.523. The molecule has 1 fully saturated rings. The van der Waals surface area contributed by atoms with Crippen LogP contribution in [0.15, 0.2) is 58.2 Å². The first-order chi connectivity index (χ1) is 15.3. The Bertz CT molecular complexity index is 1330. The van der Waals surface area contributed by atoms with Crippen LogP contribution in [0, 0.1) is 5.82 Å². The Hall–Kier alpha value is -3.79. The van der Waals surface area contributed by atoms with Crippen LogP contribution in [0.1, 0.15) is 16.1 Å². The Labute approximate surface area is 185 Å². The van der Waals surface area contributed by atoms with Gasteiger partial charge < -0.3 is 5.32 Å². The zero-order chi connectivity index (χ0) is 22.8. The third-order valence-electron chi connectivity index (χ3n) is 4.83. The van der Waals surface area contributed by atoms with Crippen molar-refractivity contribution in [3.63, 3.8) is 0 Å². The van der Waals surface area contributed by atoms with Crippen molar-refractivity contribution in [2.75, 3.05) is 13.1 Å². The molecule has 0 atom stereocenters. The molecule has 0 spiro atoms. The number of hydrogen-bond acceptors (Lipinski definition) is 6. The largest absolute Gasteiger partial charge is 0.349 e. The van der Waals surface area contributed by atoms with Gasteiger partial charge in [-0.15, -0.1) is 0 Å². The summed E-state index contributed by atoms with van der Waals surface area (Å²) in [5.74, 6) is -1.40. The molecule has 1 aliphatic rings. The lowest BCUT2D eigenvalue weighted by atomic mass is 10.1. The topological polar surface area (TPSA) is 101 Å². The van der Waals surface area contributed by atoms with Gasteiger partial charge in [-0.3, -0.25) is 24.1 Å². The van der Waals surface area contributed by atoms with E-state index in [9.17, 15) is 23.6 Å². The van der Waals surface area contributed by atoms with E-state index in [-0.39, 0.29) is 29.2 Å². The Morgan fingerprint density at radius 3 is 2.50 bits per heavy atom. The van der Waals surface area contributed by atoms with Gasteiger partial charge >= 0.3 is 0 Å². The maximum absolute atomic E-state index is 13.0. The van der Waals surface area contributed by atoms with Crippen molar-refractivity contribution >= 4 is 45.7 Å². The minimum Gasteiger partial charge on any atom is -0.349 e. The number of aryl methyl sites for hydroxylation is 1. The van der Waals surface area contributed by atoms with Crippen LogP contribution in [-0.4, -0.2) is 44.8 Å². The van der Waals surface area contributed by atoms with Gasteiger partial charge in [0.15, 0.2) is 5.69 Å². The summed E-state index contributed by atoms with van der Waals surface area (Å²) in [5.41, 5.74) is 0.355. The molecule has 3 amide bonds. The van der Waals surface area contributed by atoms with Crippen molar-refractivity contribution in [2.24, 2.45) is 7.05 Å². The first kappa shape index (κ1) is 21.4. The smallest absolute Gasteiger partial charge is 0.293 e. The summed E-state index contributed by atoms with van der Waals surface area (Å²) < 4.78 is 14.1. The van der Waals surface area contributed by atoms with Gasteiger partial charge in [0.2, 0.25) is 0 Å². The molecule has 1 aliphatic heterocycles.